The molecule has 0 bridgehead atoms. The van der Waals surface area contributed by atoms with E-state index in [1.165, 1.54) is 33.4 Å². The van der Waals surface area contributed by atoms with Crippen LogP contribution in [0.2, 0.25) is 0 Å². The van der Waals surface area contributed by atoms with E-state index >= 15 is 0 Å². The summed E-state index contributed by atoms with van der Waals surface area (Å²) in [5, 5.41) is 0. The van der Waals surface area contributed by atoms with Gasteiger partial charge in [0.15, 0.2) is 11.5 Å². The molecule has 1 fully saturated rings. The first-order valence-corrected chi connectivity index (χ1v) is 11.9. The fourth-order valence-corrected chi connectivity index (χ4v) is 6.72. The minimum Gasteiger partial charge on any atom is -0.493 e. The predicted molar refractivity (Wildman–Crippen MR) is 133 cm³/mol. The molecule has 6 rings (SSSR count). The molecule has 3 aliphatic carbocycles. The summed E-state index contributed by atoms with van der Waals surface area (Å²) in [5.74, 6) is 2.14. The summed E-state index contributed by atoms with van der Waals surface area (Å²) < 4.78 is 23.2. The number of methoxy groups -OCH3 is 4. The Bertz CT molecular complexity index is 1230. The Hall–Kier alpha value is -3.08. The molecule has 0 amide bonds. The van der Waals surface area contributed by atoms with Gasteiger partial charge in [-0.1, -0.05) is 60.7 Å². The molecule has 0 radical (unpaired) electrons. The molecule has 174 valence electrons. The molecule has 0 spiro atoms. The average Bonchev–Trinajstić information content (AvgIpc) is 3.56. The molecule has 0 N–H and O–H groups in total. The van der Waals surface area contributed by atoms with E-state index in [1.54, 1.807) is 14.2 Å². The summed E-state index contributed by atoms with van der Waals surface area (Å²) in [6, 6.07) is 24.0. The highest BCUT2D eigenvalue weighted by Crippen LogP contribution is 2.65. The molecule has 3 aromatic rings. The van der Waals surface area contributed by atoms with E-state index in [0.717, 1.165) is 17.9 Å². The molecule has 0 aliphatic heterocycles. The second kappa shape index (κ2) is 8.00. The molecule has 0 aromatic heterocycles. The van der Waals surface area contributed by atoms with Crippen molar-refractivity contribution in [2.45, 2.75) is 24.0 Å². The number of fused-ring (bicyclic) bond motifs is 4. The standard InChI is InChI=1S/C30H30O4/c1-31-24-15-13-18(17-26(24)33-3)30(23-14-16-25(32-2)28-27(23)29(28)34-4)21-11-7-5-9-19(21)20-10-6-8-12-22(20)30/h5-15,17,25,27-29H,16H2,1-4H3. The summed E-state index contributed by atoms with van der Waals surface area (Å²) in [4.78, 5) is 0. The Morgan fingerprint density at radius 3 is 1.97 bits per heavy atom. The topological polar surface area (TPSA) is 36.9 Å². The van der Waals surface area contributed by atoms with Crippen LogP contribution in [0.3, 0.4) is 0 Å². The minimum atomic E-state index is -0.429. The maximum Gasteiger partial charge on any atom is 0.161 e. The molecule has 0 heterocycles. The van der Waals surface area contributed by atoms with Crippen LogP contribution in [0.1, 0.15) is 23.1 Å². The Labute approximate surface area is 201 Å². The number of rotatable bonds is 6. The van der Waals surface area contributed by atoms with Gasteiger partial charge in [0.25, 0.3) is 0 Å². The van der Waals surface area contributed by atoms with Gasteiger partial charge in [0, 0.05) is 26.1 Å². The van der Waals surface area contributed by atoms with Gasteiger partial charge in [-0.25, -0.2) is 0 Å². The van der Waals surface area contributed by atoms with E-state index in [9.17, 15) is 0 Å². The normalized spacial score (nSPS) is 25.6. The molecule has 3 aliphatic rings. The van der Waals surface area contributed by atoms with Gasteiger partial charge < -0.3 is 18.9 Å². The lowest BCUT2D eigenvalue weighted by Gasteiger charge is -2.38. The van der Waals surface area contributed by atoms with Gasteiger partial charge in [0.05, 0.1) is 31.8 Å². The van der Waals surface area contributed by atoms with Crippen molar-refractivity contribution in [1.29, 1.82) is 0 Å². The number of benzene rings is 3. The summed E-state index contributed by atoms with van der Waals surface area (Å²) in [6.45, 7) is 0. The van der Waals surface area contributed by atoms with Crippen molar-refractivity contribution >= 4 is 0 Å². The van der Waals surface area contributed by atoms with Crippen molar-refractivity contribution in [1.82, 2.24) is 0 Å². The maximum absolute atomic E-state index is 6.00. The molecule has 4 nitrogen and oxygen atoms in total. The number of hydrogen-bond acceptors (Lipinski definition) is 4. The zero-order valence-electron chi connectivity index (χ0n) is 20.1. The Morgan fingerprint density at radius 1 is 0.735 bits per heavy atom. The third-order valence-corrected chi connectivity index (χ3v) is 8.14. The van der Waals surface area contributed by atoms with Crippen molar-refractivity contribution in [3.63, 3.8) is 0 Å². The van der Waals surface area contributed by atoms with Gasteiger partial charge in [0.2, 0.25) is 0 Å². The predicted octanol–water partition coefficient (Wildman–Crippen LogP) is 5.62. The van der Waals surface area contributed by atoms with E-state index in [-0.39, 0.29) is 12.2 Å². The van der Waals surface area contributed by atoms with Gasteiger partial charge in [-0.2, -0.15) is 0 Å². The van der Waals surface area contributed by atoms with E-state index in [1.807, 2.05) is 20.3 Å². The lowest BCUT2D eigenvalue weighted by molar-refractivity contribution is 0.0595. The highest BCUT2D eigenvalue weighted by Gasteiger charge is 2.64. The van der Waals surface area contributed by atoms with Gasteiger partial charge in [0.1, 0.15) is 0 Å². The maximum atomic E-state index is 6.00. The van der Waals surface area contributed by atoms with E-state index in [4.69, 9.17) is 18.9 Å². The van der Waals surface area contributed by atoms with Gasteiger partial charge in [-0.05, 0) is 51.9 Å². The molecular formula is C30H30O4. The first kappa shape index (κ1) is 21.5. The van der Waals surface area contributed by atoms with Crippen LogP contribution in [0.15, 0.2) is 78.4 Å². The summed E-state index contributed by atoms with van der Waals surface area (Å²) in [7, 11) is 7.02. The number of hydrogen-bond donors (Lipinski definition) is 0. The largest absolute Gasteiger partial charge is 0.493 e. The van der Waals surface area contributed by atoms with Crippen LogP contribution >= 0.6 is 0 Å². The molecule has 3 aromatic carbocycles. The minimum absolute atomic E-state index is 0.163. The second-order valence-electron chi connectivity index (χ2n) is 9.38. The third kappa shape index (κ3) is 2.73. The summed E-state index contributed by atoms with van der Waals surface area (Å²) in [5.41, 5.74) is 7.36. The second-order valence-corrected chi connectivity index (χ2v) is 9.38. The average molecular weight is 455 g/mol. The van der Waals surface area contributed by atoms with Crippen LogP contribution in [0.5, 0.6) is 11.5 Å². The van der Waals surface area contributed by atoms with E-state index in [0.29, 0.717) is 11.8 Å². The first-order valence-electron chi connectivity index (χ1n) is 11.9. The van der Waals surface area contributed by atoms with Crippen LogP contribution in [-0.4, -0.2) is 40.6 Å². The molecule has 4 heteroatoms. The highest BCUT2D eigenvalue weighted by molar-refractivity contribution is 5.86. The van der Waals surface area contributed by atoms with E-state index < -0.39 is 5.41 Å². The van der Waals surface area contributed by atoms with Gasteiger partial charge >= 0.3 is 0 Å². The zero-order valence-corrected chi connectivity index (χ0v) is 20.1. The third-order valence-electron chi connectivity index (χ3n) is 8.14. The lowest BCUT2D eigenvalue weighted by atomic mass is 9.64. The molecule has 4 atom stereocenters. The van der Waals surface area contributed by atoms with Crippen molar-refractivity contribution < 1.29 is 18.9 Å². The van der Waals surface area contributed by atoms with Crippen LogP contribution in [0.25, 0.3) is 11.1 Å². The highest BCUT2D eigenvalue weighted by atomic mass is 16.5. The van der Waals surface area contributed by atoms with Crippen molar-refractivity contribution in [2.75, 3.05) is 28.4 Å². The Kier molecular flexibility index (Phi) is 5.05. The van der Waals surface area contributed by atoms with Crippen molar-refractivity contribution in [3.8, 4) is 22.6 Å². The van der Waals surface area contributed by atoms with E-state index in [2.05, 4.69) is 66.7 Å². The van der Waals surface area contributed by atoms with Crippen molar-refractivity contribution in [3.05, 3.63) is 95.1 Å². The van der Waals surface area contributed by atoms with Gasteiger partial charge in [-0.3, -0.25) is 0 Å². The molecule has 1 saturated carbocycles. The summed E-state index contributed by atoms with van der Waals surface area (Å²) in [6.07, 6.45) is 3.65. The first-order chi connectivity index (χ1) is 16.7. The quantitative estimate of drug-likeness (QED) is 0.453. The van der Waals surface area contributed by atoms with Gasteiger partial charge in [-0.15, -0.1) is 0 Å². The molecule has 4 unspecified atom stereocenters. The van der Waals surface area contributed by atoms with Crippen LogP contribution in [0, 0.1) is 11.8 Å². The zero-order chi connectivity index (χ0) is 23.4. The monoisotopic (exact) mass is 454 g/mol. The lowest BCUT2D eigenvalue weighted by Crippen LogP contribution is -2.33. The molecular weight excluding hydrogens is 424 g/mol. The smallest absolute Gasteiger partial charge is 0.161 e. The van der Waals surface area contributed by atoms with Crippen LogP contribution in [-0.2, 0) is 14.9 Å². The fraction of sp³-hybridized carbons (Fsp3) is 0.333. The van der Waals surface area contributed by atoms with Crippen LogP contribution in [0.4, 0.5) is 0 Å². The molecule has 34 heavy (non-hydrogen) atoms. The Morgan fingerprint density at radius 2 is 1.38 bits per heavy atom. The summed E-state index contributed by atoms with van der Waals surface area (Å²) >= 11 is 0. The van der Waals surface area contributed by atoms with Crippen LogP contribution < -0.4 is 9.47 Å². The SMILES string of the molecule is COc1ccc(C2(C3=CCC(OC)C4C(OC)C34)c3ccccc3-c3ccccc32)cc1OC. The fourth-order valence-electron chi connectivity index (χ4n) is 6.72. The number of ether oxygens (including phenoxy) is 4. The Balaban J connectivity index is 1.68. The van der Waals surface area contributed by atoms with Crippen molar-refractivity contribution in [2.24, 2.45) is 11.8 Å². The molecule has 0 saturated heterocycles.